The van der Waals surface area contributed by atoms with Crippen molar-refractivity contribution in [2.75, 3.05) is 6.54 Å². The summed E-state index contributed by atoms with van der Waals surface area (Å²) >= 11 is 0. The number of aliphatic hydroxyl groups excluding tert-OH is 1. The minimum atomic E-state index is -0.721. The Hall–Kier alpha value is -2.74. The van der Waals surface area contributed by atoms with Crippen LogP contribution in [0.3, 0.4) is 0 Å². The zero-order chi connectivity index (χ0) is 25.8. The van der Waals surface area contributed by atoms with Gasteiger partial charge in [-0.25, -0.2) is 4.68 Å². The molecule has 2 aliphatic carbocycles. The minimum absolute atomic E-state index is 0.0620. The number of nitrogens with one attached hydrogen (secondary N) is 1. The third-order valence-corrected chi connectivity index (χ3v) is 7.86. The molecule has 1 saturated heterocycles. The van der Waals surface area contributed by atoms with Gasteiger partial charge in [0.2, 0.25) is 11.8 Å². The summed E-state index contributed by atoms with van der Waals surface area (Å²) in [7, 11) is 0. The lowest BCUT2D eigenvalue weighted by Crippen LogP contribution is -2.50. The second-order valence-corrected chi connectivity index (χ2v) is 12.3. The van der Waals surface area contributed by atoms with Gasteiger partial charge in [0.05, 0.1) is 11.8 Å². The van der Waals surface area contributed by atoms with Gasteiger partial charge in [-0.05, 0) is 41.7 Å². The Kier molecular flexibility index (Phi) is 6.43. The number of β-amino-alcohol motifs (C(OH)–C–C–N with tert-alkyl or cyclic N) is 1. The molecular formula is C28H39N5O3. The highest BCUT2D eigenvalue weighted by Crippen LogP contribution is 2.42. The standard InChI is InChI=1S/C28H39N5O3/c1-16(2)17-6-8-18(9-7-17)21-13-22(21)29-26(35)24-12-20(34)14-32(24)27(36)25(28(3,4)5)33-15-23(30-31-33)19-10-11-19/h6-9,15-16,19-22,24-25,34H,10-14H2,1-5H3,(H,29,35)/t20-,21+,22-,24+,25-/m1/s1. The summed E-state index contributed by atoms with van der Waals surface area (Å²) in [5.41, 5.74) is 3.02. The highest BCUT2D eigenvalue weighted by Gasteiger charge is 2.47. The molecule has 0 radical (unpaired) electrons. The highest BCUT2D eigenvalue weighted by molar-refractivity contribution is 5.90. The van der Waals surface area contributed by atoms with Crippen LogP contribution in [0, 0.1) is 5.41 Å². The Morgan fingerprint density at radius 1 is 1.11 bits per heavy atom. The second-order valence-electron chi connectivity index (χ2n) is 12.3. The molecule has 0 spiro atoms. The van der Waals surface area contributed by atoms with Crippen molar-refractivity contribution in [3.63, 3.8) is 0 Å². The predicted octanol–water partition coefficient (Wildman–Crippen LogP) is 3.50. The van der Waals surface area contributed by atoms with E-state index in [0.717, 1.165) is 25.0 Å². The molecular weight excluding hydrogens is 454 g/mol. The number of hydrogen-bond donors (Lipinski definition) is 2. The fourth-order valence-corrected chi connectivity index (χ4v) is 5.46. The van der Waals surface area contributed by atoms with Crippen LogP contribution in [0.5, 0.6) is 0 Å². The van der Waals surface area contributed by atoms with E-state index >= 15 is 0 Å². The molecule has 2 saturated carbocycles. The molecule has 1 aromatic heterocycles. The summed E-state index contributed by atoms with van der Waals surface area (Å²) < 4.78 is 1.66. The lowest BCUT2D eigenvalue weighted by molar-refractivity contribution is -0.144. The quantitative estimate of drug-likeness (QED) is 0.615. The van der Waals surface area contributed by atoms with Crippen LogP contribution in [0.25, 0.3) is 0 Å². The fraction of sp³-hybridized carbons (Fsp3) is 0.643. The van der Waals surface area contributed by atoms with Crippen LogP contribution < -0.4 is 5.32 Å². The largest absolute Gasteiger partial charge is 0.391 e. The zero-order valence-corrected chi connectivity index (χ0v) is 22.0. The summed E-state index contributed by atoms with van der Waals surface area (Å²) in [5.74, 6) is 0.846. The monoisotopic (exact) mass is 493 g/mol. The number of carbonyl (C=O) groups excluding carboxylic acids is 2. The number of carbonyl (C=O) groups is 2. The third-order valence-electron chi connectivity index (χ3n) is 7.86. The number of benzene rings is 1. The number of likely N-dealkylation sites (tertiary alicyclic amines) is 1. The number of amides is 2. The van der Waals surface area contributed by atoms with E-state index in [-0.39, 0.29) is 30.8 Å². The number of aliphatic hydroxyl groups is 1. The van der Waals surface area contributed by atoms with Crippen molar-refractivity contribution in [1.29, 1.82) is 0 Å². The average molecular weight is 494 g/mol. The van der Waals surface area contributed by atoms with Crippen molar-refractivity contribution >= 4 is 11.8 Å². The third kappa shape index (κ3) is 5.05. The predicted molar refractivity (Wildman–Crippen MR) is 136 cm³/mol. The molecule has 1 aromatic carbocycles. The molecule has 1 aliphatic heterocycles. The Labute approximate surface area is 213 Å². The maximum absolute atomic E-state index is 13.9. The molecule has 5 rings (SSSR count). The zero-order valence-electron chi connectivity index (χ0n) is 22.0. The average Bonchev–Trinajstić information content (AvgIpc) is 3.72. The molecule has 5 atom stereocenters. The van der Waals surface area contributed by atoms with E-state index in [2.05, 4.69) is 53.7 Å². The fourth-order valence-electron chi connectivity index (χ4n) is 5.46. The Morgan fingerprint density at radius 3 is 2.42 bits per heavy atom. The molecule has 0 bridgehead atoms. The molecule has 0 unspecified atom stereocenters. The van der Waals surface area contributed by atoms with Gasteiger partial charge in [-0.1, -0.05) is 64.1 Å². The first-order valence-corrected chi connectivity index (χ1v) is 13.3. The first-order valence-electron chi connectivity index (χ1n) is 13.3. The molecule has 194 valence electrons. The first kappa shape index (κ1) is 24.9. The van der Waals surface area contributed by atoms with Crippen LogP contribution >= 0.6 is 0 Å². The van der Waals surface area contributed by atoms with Crippen LogP contribution in [-0.4, -0.2) is 61.5 Å². The number of aromatic nitrogens is 3. The van der Waals surface area contributed by atoms with E-state index in [4.69, 9.17) is 0 Å². The molecule has 2 amide bonds. The van der Waals surface area contributed by atoms with E-state index in [1.807, 2.05) is 27.0 Å². The summed E-state index contributed by atoms with van der Waals surface area (Å²) in [5, 5.41) is 22.2. The number of nitrogens with zero attached hydrogens (tertiary/aromatic N) is 4. The Bertz CT molecular complexity index is 1110. The molecule has 2 N–H and O–H groups in total. The van der Waals surface area contributed by atoms with Gasteiger partial charge < -0.3 is 15.3 Å². The summed E-state index contributed by atoms with van der Waals surface area (Å²) in [4.78, 5) is 28.8. The minimum Gasteiger partial charge on any atom is -0.391 e. The number of rotatable bonds is 7. The lowest BCUT2D eigenvalue weighted by atomic mass is 9.85. The van der Waals surface area contributed by atoms with E-state index in [1.165, 1.54) is 11.1 Å². The highest BCUT2D eigenvalue weighted by atomic mass is 16.3. The molecule has 8 heteroatoms. The normalized spacial score (nSPS) is 26.8. The summed E-state index contributed by atoms with van der Waals surface area (Å²) in [6.07, 6.45) is 4.52. The number of hydrogen-bond acceptors (Lipinski definition) is 5. The van der Waals surface area contributed by atoms with Gasteiger partial charge in [0.1, 0.15) is 12.1 Å². The van der Waals surface area contributed by atoms with Gasteiger partial charge in [-0.2, -0.15) is 0 Å². The molecule has 2 aromatic rings. The Balaban J connectivity index is 1.28. The van der Waals surface area contributed by atoms with Crippen molar-refractivity contribution < 1.29 is 14.7 Å². The van der Waals surface area contributed by atoms with Crippen LogP contribution in [0.1, 0.15) is 101 Å². The van der Waals surface area contributed by atoms with Gasteiger partial charge in [-0.3, -0.25) is 9.59 Å². The molecule has 3 fully saturated rings. The van der Waals surface area contributed by atoms with Crippen LogP contribution in [0.4, 0.5) is 0 Å². The van der Waals surface area contributed by atoms with E-state index < -0.39 is 23.6 Å². The smallest absolute Gasteiger partial charge is 0.248 e. The van der Waals surface area contributed by atoms with E-state index in [0.29, 0.717) is 17.8 Å². The van der Waals surface area contributed by atoms with Gasteiger partial charge in [0, 0.05) is 37.0 Å². The molecule has 3 aliphatic rings. The van der Waals surface area contributed by atoms with E-state index in [1.54, 1.807) is 9.58 Å². The molecule has 8 nitrogen and oxygen atoms in total. The van der Waals surface area contributed by atoms with Crippen molar-refractivity contribution in [1.82, 2.24) is 25.2 Å². The van der Waals surface area contributed by atoms with Crippen molar-refractivity contribution in [2.45, 2.75) is 102 Å². The van der Waals surface area contributed by atoms with Crippen molar-refractivity contribution in [3.8, 4) is 0 Å². The maximum atomic E-state index is 13.9. The topological polar surface area (TPSA) is 100 Å². The van der Waals surface area contributed by atoms with E-state index in [9.17, 15) is 14.7 Å². The second kappa shape index (κ2) is 9.29. The van der Waals surface area contributed by atoms with Gasteiger partial charge >= 0.3 is 0 Å². The molecule has 2 heterocycles. The Morgan fingerprint density at radius 2 is 1.81 bits per heavy atom. The van der Waals surface area contributed by atoms with Crippen LogP contribution in [0.2, 0.25) is 0 Å². The molecule has 36 heavy (non-hydrogen) atoms. The van der Waals surface area contributed by atoms with Gasteiger partial charge in [0.15, 0.2) is 0 Å². The lowest BCUT2D eigenvalue weighted by Gasteiger charge is -2.34. The van der Waals surface area contributed by atoms with Crippen molar-refractivity contribution in [3.05, 3.63) is 47.3 Å². The van der Waals surface area contributed by atoms with Crippen LogP contribution in [-0.2, 0) is 9.59 Å². The van der Waals surface area contributed by atoms with Crippen molar-refractivity contribution in [2.24, 2.45) is 5.41 Å². The van der Waals surface area contributed by atoms with Crippen LogP contribution in [0.15, 0.2) is 30.5 Å². The summed E-state index contributed by atoms with van der Waals surface area (Å²) in [6, 6.07) is 7.41. The first-order chi connectivity index (χ1) is 17.0. The summed E-state index contributed by atoms with van der Waals surface area (Å²) in [6.45, 7) is 10.5. The SMILES string of the molecule is CC(C)c1ccc([C@@H]2C[C@H]2NC(=O)[C@@H]2C[C@@H](O)CN2C(=O)[C@@H](n2cc(C3CC3)nn2)C(C)(C)C)cc1. The maximum Gasteiger partial charge on any atom is 0.248 e. The van der Waals surface area contributed by atoms with Gasteiger partial charge in [-0.15, -0.1) is 5.10 Å². The van der Waals surface area contributed by atoms with Gasteiger partial charge in [0.25, 0.3) is 0 Å².